The van der Waals surface area contributed by atoms with Crippen LogP contribution in [0.25, 0.3) is 22.4 Å². The van der Waals surface area contributed by atoms with Crippen LogP contribution in [0, 0.1) is 13.8 Å². The first-order chi connectivity index (χ1) is 8.65. The van der Waals surface area contributed by atoms with Gasteiger partial charge in [0.15, 0.2) is 0 Å². The maximum Gasteiger partial charge on any atom is 0.140 e. The molecule has 0 N–H and O–H groups in total. The molecule has 90 valence electrons. The van der Waals surface area contributed by atoms with E-state index in [-0.39, 0.29) is 0 Å². The minimum absolute atomic E-state index is 0.924. The molecule has 3 aromatic rings. The van der Waals surface area contributed by atoms with Crippen LogP contribution in [-0.2, 0) is 7.05 Å². The van der Waals surface area contributed by atoms with Gasteiger partial charge in [-0.1, -0.05) is 0 Å². The van der Waals surface area contributed by atoms with E-state index in [9.17, 15) is 0 Å². The molecule has 3 heterocycles. The van der Waals surface area contributed by atoms with Crippen LogP contribution < -0.4 is 0 Å². The minimum atomic E-state index is 0.924. The van der Waals surface area contributed by atoms with Crippen molar-refractivity contribution in [1.82, 2.24) is 14.5 Å². The second-order valence-corrected chi connectivity index (χ2v) is 4.71. The number of fused-ring (bicyclic) bond motifs is 1. The fraction of sp³-hybridized carbons (Fsp3) is 0.200. The Balaban J connectivity index is 2.22. The molecule has 3 nitrogen and oxygen atoms in total. The second kappa shape index (κ2) is 3.95. The fourth-order valence-electron chi connectivity index (χ4n) is 2.27. The minimum Gasteiger partial charge on any atom is -0.335 e. The zero-order chi connectivity index (χ0) is 12.7. The first-order valence-electron chi connectivity index (χ1n) is 6.01. The van der Waals surface area contributed by atoms with Gasteiger partial charge in [0.2, 0.25) is 0 Å². The largest absolute Gasteiger partial charge is 0.335 e. The molecule has 0 saturated carbocycles. The normalized spacial score (nSPS) is 11.1. The van der Waals surface area contributed by atoms with Crippen LogP contribution in [0.5, 0.6) is 0 Å². The molecule has 3 aromatic heterocycles. The van der Waals surface area contributed by atoms with Crippen LogP contribution in [0.3, 0.4) is 0 Å². The summed E-state index contributed by atoms with van der Waals surface area (Å²) in [4.78, 5) is 9.09. The zero-order valence-corrected chi connectivity index (χ0v) is 10.8. The zero-order valence-electron chi connectivity index (χ0n) is 10.8. The van der Waals surface area contributed by atoms with Crippen LogP contribution in [-0.4, -0.2) is 14.5 Å². The highest BCUT2D eigenvalue weighted by atomic mass is 15.0. The molecule has 0 aliphatic heterocycles. The molecule has 0 unspecified atom stereocenters. The van der Waals surface area contributed by atoms with Gasteiger partial charge in [0.25, 0.3) is 0 Å². The smallest absolute Gasteiger partial charge is 0.140 e. The Morgan fingerprint density at radius 1 is 1.06 bits per heavy atom. The summed E-state index contributed by atoms with van der Waals surface area (Å²) in [5, 5.41) is 1.20. The lowest BCUT2D eigenvalue weighted by atomic mass is 10.1. The third kappa shape index (κ3) is 1.68. The van der Waals surface area contributed by atoms with Crippen molar-refractivity contribution in [3.63, 3.8) is 0 Å². The number of nitrogens with zero attached hydrogens (tertiary/aromatic N) is 3. The molecular weight excluding hydrogens is 222 g/mol. The summed E-state index contributed by atoms with van der Waals surface area (Å²) >= 11 is 0. The van der Waals surface area contributed by atoms with Gasteiger partial charge in [-0.05, 0) is 49.2 Å². The van der Waals surface area contributed by atoms with Crippen molar-refractivity contribution in [2.45, 2.75) is 13.8 Å². The van der Waals surface area contributed by atoms with Gasteiger partial charge in [-0.15, -0.1) is 0 Å². The maximum absolute atomic E-state index is 4.71. The lowest BCUT2D eigenvalue weighted by molar-refractivity contribution is 0.944. The van der Waals surface area contributed by atoms with Gasteiger partial charge in [-0.3, -0.25) is 4.98 Å². The molecule has 3 rings (SSSR count). The number of pyridine rings is 2. The summed E-state index contributed by atoms with van der Waals surface area (Å²) in [6.45, 7) is 4.17. The molecule has 0 saturated heterocycles. The molecule has 0 aliphatic rings. The highest BCUT2D eigenvalue weighted by molar-refractivity contribution is 5.82. The molecule has 0 aromatic carbocycles. The predicted molar refractivity (Wildman–Crippen MR) is 73.4 cm³/mol. The van der Waals surface area contributed by atoms with Crippen molar-refractivity contribution >= 4 is 11.0 Å². The Labute approximate surface area is 106 Å². The molecule has 0 spiro atoms. The maximum atomic E-state index is 4.71. The van der Waals surface area contributed by atoms with Gasteiger partial charge in [0, 0.05) is 24.8 Å². The van der Waals surface area contributed by atoms with Crippen LogP contribution in [0.15, 0.2) is 36.7 Å². The average Bonchev–Trinajstić information content (AvgIpc) is 2.65. The highest BCUT2D eigenvalue weighted by Gasteiger charge is 2.07. The van der Waals surface area contributed by atoms with Crippen molar-refractivity contribution < 1.29 is 0 Å². The fourth-order valence-corrected chi connectivity index (χ4v) is 2.27. The molecule has 0 radical (unpaired) electrons. The van der Waals surface area contributed by atoms with Crippen LogP contribution in [0.2, 0.25) is 0 Å². The summed E-state index contributed by atoms with van der Waals surface area (Å²) in [7, 11) is 2.02. The van der Waals surface area contributed by atoms with Gasteiger partial charge < -0.3 is 4.57 Å². The highest BCUT2D eigenvalue weighted by Crippen LogP contribution is 2.22. The molecule has 18 heavy (non-hydrogen) atoms. The van der Waals surface area contributed by atoms with Gasteiger partial charge >= 0.3 is 0 Å². The van der Waals surface area contributed by atoms with E-state index < -0.39 is 0 Å². The summed E-state index contributed by atoms with van der Waals surface area (Å²) in [5.41, 5.74) is 5.31. The second-order valence-electron chi connectivity index (χ2n) is 4.71. The van der Waals surface area contributed by atoms with E-state index in [0.29, 0.717) is 0 Å². The molecule has 3 heteroatoms. The molecule has 0 amide bonds. The summed E-state index contributed by atoms with van der Waals surface area (Å²) < 4.78 is 2.06. The third-order valence-electron chi connectivity index (χ3n) is 3.20. The van der Waals surface area contributed by atoms with Crippen molar-refractivity contribution in [1.29, 1.82) is 0 Å². The van der Waals surface area contributed by atoms with Gasteiger partial charge in [0.1, 0.15) is 5.65 Å². The topological polar surface area (TPSA) is 30.7 Å². The van der Waals surface area contributed by atoms with Crippen molar-refractivity contribution in [3.05, 3.63) is 47.8 Å². The van der Waals surface area contributed by atoms with E-state index in [4.69, 9.17) is 4.98 Å². The molecule has 0 bridgehead atoms. The first kappa shape index (κ1) is 11.0. The van der Waals surface area contributed by atoms with Crippen molar-refractivity contribution in [2.75, 3.05) is 0 Å². The Hall–Kier alpha value is -2.16. The number of hydrogen-bond acceptors (Lipinski definition) is 2. The van der Waals surface area contributed by atoms with Crippen LogP contribution in [0.4, 0.5) is 0 Å². The van der Waals surface area contributed by atoms with Gasteiger partial charge in [-0.2, -0.15) is 0 Å². The van der Waals surface area contributed by atoms with Crippen molar-refractivity contribution in [3.8, 4) is 11.4 Å². The lowest BCUT2D eigenvalue weighted by Gasteiger charge is -2.02. The molecule has 0 atom stereocenters. The number of rotatable bonds is 1. The van der Waals surface area contributed by atoms with Gasteiger partial charge in [0.05, 0.1) is 11.4 Å². The van der Waals surface area contributed by atoms with Gasteiger partial charge in [-0.25, -0.2) is 4.98 Å². The summed E-state index contributed by atoms with van der Waals surface area (Å²) in [6.07, 6.45) is 3.93. The quantitative estimate of drug-likeness (QED) is 0.650. The molecular formula is C15H15N3. The molecule has 0 fully saturated rings. The van der Waals surface area contributed by atoms with E-state index in [1.807, 2.05) is 25.4 Å². The molecule has 0 aliphatic carbocycles. The standard InChI is InChI=1S/C15H15N3/c1-10-6-7-16-14(8-10)13-5-4-12-11(2)9-18(3)15(12)17-13/h4-9H,1-3H3. The Morgan fingerprint density at radius 2 is 1.89 bits per heavy atom. The number of aryl methyl sites for hydroxylation is 3. The van der Waals surface area contributed by atoms with E-state index in [1.165, 1.54) is 16.5 Å². The third-order valence-corrected chi connectivity index (χ3v) is 3.20. The summed E-state index contributed by atoms with van der Waals surface area (Å²) in [5.74, 6) is 0. The average molecular weight is 237 g/mol. The van der Waals surface area contributed by atoms with Crippen LogP contribution >= 0.6 is 0 Å². The van der Waals surface area contributed by atoms with E-state index in [2.05, 4.69) is 41.7 Å². The lowest BCUT2D eigenvalue weighted by Crippen LogP contribution is -1.92. The predicted octanol–water partition coefficient (Wildman–Crippen LogP) is 3.25. The van der Waals surface area contributed by atoms with Crippen LogP contribution in [0.1, 0.15) is 11.1 Å². The number of aromatic nitrogens is 3. The Morgan fingerprint density at radius 3 is 2.67 bits per heavy atom. The van der Waals surface area contributed by atoms with E-state index in [0.717, 1.165) is 17.0 Å². The van der Waals surface area contributed by atoms with E-state index >= 15 is 0 Å². The SMILES string of the molecule is Cc1ccnc(-c2ccc3c(C)cn(C)c3n2)c1. The van der Waals surface area contributed by atoms with Crippen molar-refractivity contribution in [2.24, 2.45) is 7.05 Å². The monoisotopic (exact) mass is 237 g/mol. The first-order valence-corrected chi connectivity index (χ1v) is 6.01. The van der Waals surface area contributed by atoms with E-state index in [1.54, 1.807) is 0 Å². The Kier molecular flexibility index (Phi) is 2.40. The Bertz CT molecular complexity index is 726. The summed E-state index contributed by atoms with van der Waals surface area (Å²) in [6, 6.07) is 8.22. The number of hydrogen-bond donors (Lipinski definition) is 0.